The molecule has 0 unspecified atom stereocenters. The van der Waals surface area contributed by atoms with Crippen molar-refractivity contribution in [2.75, 3.05) is 18.6 Å². The van der Waals surface area contributed by atoms with Crippen LogP contribution in [0.15, 0.2) is 48.5 Å². The van der Waals surface area contributed by atoms with Crippen LogP contribution in [0.3, 0.4) is 0 Å². The molecule has 2 atom stereocenters. The van der Waals surface area contributed by atoms with Crippen LogP contribution < -0.4 is 4.90 Å². The SMILES string of the molecule is COC(=O)[C@]1([C@H](C[N+](=O)[O-])c2ccc(C(F)(F)F)cc2)C(=O)c2ccccc2N1C(C)=O. The Kier molecular flexibility index (Phi) is 5.77. The third-order valence-electron chi connectivity index (χ3n) is 5.38. The summed E-state index contributed by atoms with van der Waals surface area (Å²) in [5.74, 6) is -4.55. The molecule has 1 aliphatic rings. The standard InChI is InChI=1S/C21H17F3N2O6/c1-12(27)26-17-6-4-3-5-15(17)18(28)20(26,19(29)32-2)16(11-25(30)31)13-7-9-14(10-8-13)21(22,23)24/h3-10,16H,11H2,1-2H3/t16-,20+/m1/s1. The summed E-state index contributed by atoms with van der Waals surface area (Å²) in [6, 6.07) is 9.05. The van der Waals surface area contributed by atoms with Crippen LogP contribution in [-0.4, -0.2) is 41.8 Å². The molecule has 0 fully saturated rings. The van der Waals surface area contributed by atoms with Crippen molar-refractivity contribution >= 4 is 23.3 Å². The summed E-state index contributed by atoms with van der Waals surface area (Å²) in [7, 11) is 0.953. The largest absolute Gasteiger partial charge is 0.467 e. The summed E-state index contributed by atoms with van der Waals surface area (Å²) in [5, 5.41) is 11.5. The number of para-hydroxylation sites is 1. The van der Waals surface area contributed by atoms with Gasteiger partial charge >= 0.3 is 12.1 Å². The topological polar surface area (TPSA) is 107 Å². The number of Topliss-reactive ketones (excluding diaryl/α,β-unsaturated/α-hetero) is 1. The Bertz CT molecular complexity index is 1100. The van der Waals surface area contributed by atoms with Crippen LogP contribution in [0.25, 0.3) is 0 Å². The van der Waals surface area contributed by atoms with Gasteiger partial charge in [-0.3, -0.25) is 24.6 Å². The number of methoxy groups -OCH3 is 1. The second-order valence-electron chi connectivity index (χ2n) is 7.15. The molecule has 3 rings (SSSR count). The van der Waals surface area contributed by atoms with E-state index < -0.39 is 52.3 Å². The molecule has 2 aromatic rings. The molecule has 0 bridgehead atoms. The highest BCUT2D eigenvalue weighted by atomic mass is 19.4. The van der Waals surface area contributed by atoms with Gasteiger partial charge in [0.25, 0.3) is 0 Å². The lowest BCUT2D eigenvalue weighted by Crippen LogP contribution is -2.63. The number of hydrogen-bond acceptors (Lipinski definition) is 6. The van der Waals surface area contributed by atoms with Crippen LogP contribution in [0.5, 0.6) is 0 Å². The van der Waals surface area contributed by atoms with Crippen molar-refractivity contribution in [2.24, 2.45) is 0 Å². The molecule has 8 nitrogen and oxygen atoms in total. The van der Waals surface area contributed by atoms with Gasteiger partial charge < -0.3 is 4.74 Å². The predicted octanol–water partition coefficient (Wildman–Crippen LogP) is 3.23. The van der Waals surface area contributed by atoms with Gasteiger partial charge in [-0.2, -0.15) is 13.2 Å². The number of nitrogens with zero attached hydrogens (tertiary/aromatic N) is 2. The van der Waals surface area contributed by atoms with Crippen LogP contribution in [0, 0.1) is 10.1 Å². The Morgan fingerprint density at radius 2 is 1.75 bits per heavy atom. The molecule has 11 heteroatoms. The summed E-state index contributed by atoms with van der Waals surface area (Å²) in [6.45, 7) is 0.0486. The Hall–Kier alpha value is -3.76. The van der Waals surface area contributed by atoms with Crippen molar-refractivity contribution in [3.63, 3.8) is 0 Å². The Morgan fingerprint density at radius 3 is 2.25 bits per heavy atom. The first-order valence-corrected chi connectivity index (χ1v) is 9.28. The molecule has 168 valence electrons. The summed E-state index contributed by atoms with van der Waals surface area (Å²) in [4.78, 5) is 50.9. The minimum Gasteiger partial charge on any atom is -0.467 e. The van der Waals surface area contributed by atoms with Crippen LogP contribution in [0.1, 0.15) is 34.3 Å². The number of alkyl halides is 3. The summed E-state index contributed by atoms with van der Waals surface area (Å²) in [5.41, 5.74) is -3.61. The maximum Gasteiger partial charge on any atom is 0.416 e. The van der Waals surface area contributed by atoms with Gasteiger partial charge in [-0.05, 0) is 29.8 Å². The number of hydrogen-bond donors (Lipinski definition) is 0. The highest BCUT2D eigenvalue weighted by Crippen LogP contribution is 2.47. The number of benzene rings is 2. The number of nitro groups is 1. The first kappa shape index (κ1) is 22.9. The van der Waals surface area contributed by atoms with Crippen LogP contribution in [0.4, 0.5) is 18.9 Å². The fourth-order valence-corrected chi connectivity index (χ4v) is 4.10. The average Bonchev–Trinajstić information content (AvgIpc) is 3.00. The van der Waals surface area contributed by atoms with Crippen LogP contribution >= 0.6 is 0 Å². The minimum absolute atomic E-state index is 0.0339. The molecule has 0 aliphatic carbocycles. The summed E-state index contributed by atoms with van der Waals surface area (Å²) < 4.78 is 43.9. The van der Waals surface area contributed by atoms with Gasteiger partial charge in [0.1, 0.15) is 0 Å². The number of ketones is 1. The van der Waals surface area contributed by atoms with E-state index in [-0.39, 0.29) is 16.8 Å². The van der Waals surface area contributed by atoms with Gasteiger partial charge in [0, 0.05) is 17.4 Å². The quantitative estimate of drug-likeness (QED) is 0.300. The maximum atomic E-state index is 13.6. The van der Waals surface area contributed by atoms with Crippen molar-refractivity contribution in [1.82, 2.24) is 0 Å². The lowest BCUT2D eigenvalue weighted by atomic mass is 9.75. The second kappa shape index (κ2) is 8.06. The number of amides is 1. The third-order valence-corrected chi connectivity index (χ3v) is 5.38. The molecular weight excluding hydrogens is 433 g/mol. The molecule has 1 heterocycles. The summed E-state index contributed by atoms with van der Waals surface area (Å²) in [6.07, 6.45) is -4.66. The molecule has 2 aromatic carbocycles. The second-order valence-corrected chi connectivity index (χ2v) is 7.15. The molecule has 0 radical (unpaired) electrons. The number of carbonyl (C=O) groups excluding carboxylic acids is 3. The van der Waals surface area contributed by atoms with E-state index >= 15 is 0 Å². The number of rotatable bonds is 5. The zero-order chi connectivity index (χ0) is 23.8. The lowest BCUT2D eigenvalue weighted by molar-refractivity contribution is -0.484. The predicted molar refractivity (Wildman–Crippen MR) is 105 cm³/mol. The average molecular weight is 450 g/mol. The maximum absolute atomic E-state index is 13.6. The summed E-state index contributed by atoms with van der Waals surface area (Å²) >= 11 is 0. The zero-order valence-corrected chi connectivity index (χ0v) is 16.9. The fraction of sp³-hybridized carbons (Fsp3) is 0.286. The molecular formula is C21H17F3N2O6. The normalized spacial score (nSPS) is 18.8. The van der Waals surface area contributed by atoms with Gasteiger partial charge in [0.05, 0.1) is 24.3 Å². The van der Waals surface area contributed by atoms with Crippen molar-refractivity contribution in [3.8, 4) is 0 Å². The van der Waals surface area contributed by atoms with Crippen molar-refractivity contribution in [2.45, 2.75) is 24.6 Å². The molecule has 0 spiro atoms. The molecule has 0 saturated carbocycles. The molecule has 0 aromatic heterocycles. The third kappa shape index (κ3) is 3.49. The Morgan fingerprint density at radius 1 is 1.16 bits per heavy atom. The van der Waals surface area contributed by atoms with E-state index in [1.165, 1.54) is 24.3 Å². The first-order valence-electron chi connectivity index (χ1n) is 9.28. The minimum atomic E-state index is -4.66. The van der Waals surface area contributed by atoms with E-state index in [1.54, 1.807) is 0 Å². The van der Waals surface area contributed by atoms with Crippen molar-refractivity contribution in [1.29, 1.82) is 0 Å². The Balaban J connectivity index is 2.32. The molecule has 32 heavy (non-hydrogen) atoms. The Labute approximate surface area is 179 Å². The fourth-order valence-electron chi connectivity index (χ4n) is 4.10. The highest BCUT2D eigenvalue weighted by Gasteiger charge is 2.65. The molecule has 1 aliphatic heterocycles. The molecule has 0 N–H and O–H groups in total. The van der Waals surface area contributed by atoms with Gasteiger partial charge in [-0.15, -0.1) is 0 Å². The van der Waals surface area contributed by atoms with Crippen LogP contribution in [0.2, 0.25) is 0 Å². The monoisotopic (exact) mass is 450 g/mol. The molecule has 0 saturated heterocycles. The number of esters is 1. The van der Waals surface area contributed by atoms with Gasteiger partial charge in [-0.1, -0.05) is 24.3 Å². The van der Waals surface area contributed by atoms with E-state index in [0.29, 0.717) is 12.1 Å². The number of ether oxygens (including phenoxy) is 1. The van der Waals surface area contributed by atoms with Gasteiger partial charge in [-0.25, -0.2) is 4.79 Å². The number of anilines is 1. The molecule has 1 amide bonds. The van der Waals surface area contributed by atoms with E-state index in [0.717, 1.165) is 31.1 Å². The van der Waals surface area contributed by atoms with Gasteiger partial charge in [0.15, 0.2) is 0 Å². The van der Waals surface area contributed by atoms with E-state index in [2.05, 4.69) is 0 Å². The smallest absolute Gasteiger partial charge is 0.416 e. The highest BCUT2D eigenvalue weighted by molar-refractivity contribution is 6.30. The van der Waals surface area contributed by atoms with E-state index in [9.17, 15) is 37.7 Å². The van der Waals surface area contributed by atoms with E-state index in [1.807, 2.05) is 0 Å². The lowest BCUT2D eigenvalue weighted by Gasteiger charge is -2.38. The number of fused-ring (bicyclic) bond motifs is 1. The van der Waals surface area contributed by atoms with E-state index in [4.69, 9.17) is 4.74 Å². The van der Waals surface area contributed by atoms with Crippen LogP contribution in [-0.2, 0) is 20.5 Å². The van der Waals surface area contributed by atoms with Crippen molar-refractivity contribution in [3.05, 3.63) is 75.3 Å². The zero-order valence-electron chi connectivity index (χ0n) is 16.9. The van der Waals surface area contributed by atoms with Gasteiger partial charge in [0.2, 0.25) is 23.8 Å². The number of carbonyl (C=O) groups is 3. The number of halogens is 3. The first-order chi connectivity index (χ1) is 15.0. The van der Waals surface area contributed by atoms with Crippen molar-refractivity contribution < 1.29 is 37.2 Å².